The number of nitrogens with zero attached hydrogens (tertiary/aromatic N) is 2. The summed E-state index contributed by atoms with van der Waals surface area (Å²) in [4.78, 5) is 6.67. The lowest BCUT2D eigenvalue weighted by atomic mass is 10.1. The maximum Gasteiger partial charge on any atom is 0.0722 e. The summed E-state index contributed by atoms with van der Waals surface area (Å²) in [7, 11) is 2.11. The second-order valence-electron chi connectivity index (χ2n) is 5.18. The summed E-state index contributed by atoms with van der Waals surface area (Å²) in [6.07, 6.45) is 1.86. The quantitative estimate of drug-likeness (QED) is 0.795. The number of fused-ring (bicyclic) bond motifs is 1. The highest BCUT2D eigenvalue weighted by atomic mass is 15.1. The van der Waals surface area contributed by atoms with E-state index >= 15 is 0 Å². The zero-order valence-corrected chi connectivity index (χ0v) is 12.2. The van der Waals surface area contributed by atoms with Crippen LogP contribution >= 0.6 is 0 Å². The van der Waals surface area contributed by atoms with Gasteiger partial charge in [0.05, 0.1) is 5.52 Å². The molecule has 2 N–H and O–H groups in total. The van der Waals surface area contributed by atoms with Gasteiger partial charge in [0.15, 0.2) is 0 Å². The van der Waals surface area contributed by atoms with Gasteiger partial charge in [0.25, 0.3) is 0 Å². The third-order valence-electron chi connectivity index (χ3n) is 3.78. The van der Waals surface area contributed by atoms with Crippen LogP contribution in [-0.4, -0.2) is 12.0 Å². The van der Waals surface area contributed by atoms with Crippen LogP contribution in [0.2, 0.25) is 0 Å². The van der Waals surface area contributed by atoms with Gasteiger partial charge in [0.1, 0.15) is 0 Å². The third-order valence-corrected chi connectivity index (χ3v) is 3.78. The summed E-state index contributed by atoms with van der Waals surface area (Å²) in [5, 5.41) is 1.17. The Bertz CT molecular complexity index is 747. The molecule has 1 heterocycles. The molecule has 0 fully saturated rings. The molecule has 3 rings (SSSR count). The molecule has 3 heteroatoms. The van der Waals surface area contributed by atoms with Crippen LogP contribution in [-0.2, 0) is 13.1 Å². The maximum atomic E-state index is 5.83. The van der Waals surface area contributed by atoms with Gasteiger partial charge in [-0.15, -0.1) is 0 Å². The first-order chi connectivity index (χ1) is 10.3. The highest BCUT2D eigenvalue weighted by Gasteiger charge is 2.08. The molecule has 0 radical (unpaired) electrons. The van der Waals surface area contributed by atoms with Crippen LogP contribution in [0.1, 0.15) is 11.1 Å². The van der Waals surface area contributed by atoms with E-state index in [0.29, 0.717) is 6.54 Å². The molecule has 0 aliphatic carbocycles. The van der Waals surface area contributed by atoms with Gasteiger partial charge in [-0.3, -0.25) is 4.98 Å². The van der Waals surface area contributed by atoms with Gasteiger partial charge in [-0.1, -0.05) is 42.5 Å². The van der Waals surface area contributed by atoms with Crippen LogP contribution in [0.4, 0.5) is 5.69 Å². The summed E-state index contributed by atoms with van der Waals surface area (Å²) < 4.78 is 0. The lowest BCUT2D eigenvalue weighted by Crippen LogP contribution is -2.18. The fraction of sp³-hybridized carbons (Fsp3) is 0.167. The van der Waals surface area contributed by atoms with E-state index < -0.39 is 0 Å². The number of pyridine rings is 1. The lowest BCUT2D eigenvalue weighted by molar-refractivity contribution is 0.898. The van der Waals surface area contributed by atoms with E-state index in [4.69, 9.17) is 5.73 Å². The Labute approximate surface area is 125 Å². The Morgan fingerprint density at radius 2 is 1.67 bits per heavy atom. The normalized spacial score (nSPS) is 10.8. The average molecular weight is 277 g/mol. The number of nitrogens with two attached hydrogens (primary N) is 1. The Hall–Kier alpha value is -2.39. The van der Waals surface area contributed by atoms with Crippen molar-refractivity contribution in [2.75, 3.05) is 11.9 Å². The van der Waals surface area contributed by atoms with Crippen molar-refractivity contribution in [2.24, 2.45) is 5.73 Å². The predicted octanol–water partition coefficient (Wildman–Crippen LogP) is 3.33. The second-order valence-corrected chi connectivity index (χ2v) is 5.18. The van der Waals surface area contributed by atoms with Crippen molar-refractivity contribution < 1.29 is 0 Å². The molecule has 106 valence electrons. The molecule has 2 aromatic carbocycles. The molecule has 0 unspecified atom stereocenters. The molecule has 3 nitrogen and oxygen atoms in total. The minimum atomic E-state index is 0.571. The first kappa shape index (κ1) is 13.6. The van der Waals surface area contributed by atoms with Crippen molar-refractivity contribution in [1.29, 1.82) is 0 Å². The predicted molar refractivity (Wildman–Crippen MR) is 88.2 cm³/mol. The summed E-state index contributed by atoms with van der Waals surface area (Å²) >= 11 is 0. The van der Waals surface area contributed by atoms with E-state index in [0.717, 1.165) is 12.1 Å². The zero-order valence-electron chi connectivity index (χ0n) is 12.2. The lowest BCUT2D eigenvalue weighted by Gasteiger charge is -2.22. The number of benzene rings is 2. The molecule has 0 atom stereocenters. The van der Waals surface area contributed by atoms with E-state index in [1.807, 2.05) is 24.4 Å². The van der Waals surface area contributed by atoms with Crippen LogP contribution in [0.3, 0.4) is 0 Å². The average Bonchev–Trinajstić information content (AvgIpc) is 2.54. The van der Waals surface area contributed by atoms with Crippen molar-refractivity contribution >= 4 is 16.6 Å². The van der Waals surface area contributed by atoms with Crippen molar-refractivity contribution in [3.8, 4) is 0 Å². The van der Waals surface area contributed by atoms with Crippen molar-refractivity contribution in [3.05, 3.63) is 71.9 Å². The van der Waals surface area contributed by atoms with Gasteiger partial charge in [0, 0.05) is 37.4 Å². The minimum Gasteiger partial charge on any atom is -0.370 e. The van der Waals surface area contributed by atoms with Gasteiger partial charge >= 0.3 is 0 Å². The molecule has 21 heavy (non-hydrogen) atoms. The molecule has 1 aromatic heterocycles. The first-order valence-electron chi connectivity index (χ1n) is 7.11. The molecule has 0 aliphatic rings. The van der Waals surface area contributed by atoms with Gasteiger partial charge in [-0.2, -0.15) is 0 Å². The number of para-hydroxylation sites is 1. The Morgan fingerprint density at radius 1 is 0.952 bits per heavy atom. The molecule has 0 saturated heterocycles. The summed E-state index contributed by atoms with van der Waals surface area (Å²) in [6.45, 7) is 1.41. The SMILES string of the molecule is CN(Cc1ccccc1CN)c1ccnc2ccccc12. The Kier molecular flexibility index (Phi) is 3.84. The van der Waals surface area contributed by atoms with Gasteiger partial charge in [-0.25, -0.2) is 0 Å². The summed E-state index contributed by atoms with van der Waals surface area (Å²) in [6, 6.07) is 18.6. The first-order valence-corrected chi connectivity index (χ1v) is 7.11. The zero-order chi connectivity index (χ0) is 14.7. The van der Waals surface area contributed by atoms with Crippen LogP contribution in [0.5, 0.6) is 0 Å². The minimum absolute atomic E-state index is 0.571. The monoisotopic (exact) mass is 277 g/mol. The van der Waals surface area contributed by atoms with E-state index in [2.05, 4.69) is 53.3 Å². The number of aromatic nitrogens is 1. The van der Waals surface area contributed by atoms with E-state index in [-0.39, 0.29) is 0 Å². The summed E-state index contributed by atoms with van der Waals surface area (Å²) in [5.74, 6) is 0. The van der Waals surface area contributed by atoms with Crippen LogP contribution in [0, 0.1) is 0 Å². The van der Waals surface area contributed by atoms with E-state index in [1.165, 1.54) is 22.2 Å². The van der Waals surface area contributed by atoms with E-state index in [9.17, 15) is 0 Å². The van der Waals surface area contributed by atoms with E-state index in [1.54, 1.807) is 0 Å². The van der Waals surface area contributed by atoms with Crippen molar-refractivity contribution in [1.82, 2.24) is 4.98 Å². The molecular formula is C18H19N3. The molecular weight excluding hydrogens is 258 g/mol. The highest BCUT2D eigenvalue weighted by molar-refractivity contribution is 5.91. The number of hydrogen-bond donors (Lipinski definition) is 1. The Balaban J connectivity index is 1.96. The number of anilines is 1. The van der Waals surface area contributed by atoms with Gasteiger partial charge in [0.2, 0.25) is 0 Å². The van der Waals surface area contributed by atoms with Crippen molar-refractivity contribution in [3.63, 3.8) is 0 Å². The number of rotatable bonds is 4. The van der Waals surface area contributed by atoms with Crippen LogP contribution < -0.4 is 10.6 Å². The molecule has 0 spiro atoms. The summed E-state index contributed by atoms with van der Waals surface area (Å²) in [5.41, 5.74) is 10.5. The van der Waals surface area contributed by atoms with Crippen LogP contribution in [0.25, 0.3) is 10.9 Å². The topological polar surface area (TPSA) is 42.1 Å². The van der Waals surface area contributed by atoms with Crippen molar-refractivity contribution in [2.45, 2.75) is 13.1 Å². The third kappa shape index (κ3) is 2.73. The highest BCUT2D eigenvalue weighted by Crippen LogP contribution is 2.25. The van der Waals surface area contributed by atoms with Gasteiger partial charge in [-0.05, 0) is 23.3 Å². The molecule has 3 aromatic rings. The van der Waals surface area contributed by atoms with Gasteiger partial charge < -0.3 is 10.6 Å². The fourth-order valence-corrected chi connectivity index (χ4v) is 2.67. The smallest absolute Gasteiger partial charge is 0.0722 e. The Morgan fingerprint density at radius 3 is 2.48 bits per heavy atom. The maximum absolute atomic E-state index is 5.83. The number of hydrogen-bond acceptors (Lipinski definition) is 3. The fourth-order valence-electron chi connectivity index (χ4n) is 2.67. The molecule has 0 aliphatic heterocycles. The molecule has 0 amide bonds. The molecule has 0 bridgehead atoms. The largest absolute Gasteiger partial charge is 0.370 e. The second kappa shape index (κ2) is 5.94. The standard InChI is InChI=1S/C18H19N3/c1-21(13-15-7-3-2-6-14(15)12-19)18-10-11-20-17-9-5-4-8-16(17)18/h2-11H,12-13,19H2,1H3. The van der Waals surface area contributed by atoms with Crippen LogP contribution in [0.15, 0.2) is 60.8 Å². The molecule has 0 saturated carbocycles.